The van der Waals surface area contributed by atoms with Gasteiger partial charge in [0.15, 0.2) is 18.7 Å². The Balaban J connectivity index is 1.16. The molecule has 8 rings (SSSR count). The van der Waals surface area contributed by atoms with Crippen molar-refractivity contribution in [3.63, 3.8) is 0 Å². The Kier molecular flexibility index (Phi) is 13.4. The number of aryl methyl sites for hydroxylation is 1. The molecular formula is C45H47NO13S. The van der Waals surface area contributed by atoms with Crippen LogP contribution in [0.2, 0.25) is 0 Å². The molecular weight excluding hydrogens is 795 g/mol. The number of hydrogen-bond acceptors (Lipinski definition) is 14. The average Bonchev–Trinajstić information content (AvgIpc) is 3.51. The van der Waals surface area contributed by atoms with Gasteiger partial charge in [0, 0.05) is 24.5 Å². The van der Waals surface area contributed by atoms with E-state index in [0.29, 0.717) is 0 Å². The summed E-state index contributed by atoms with van der Waals surface area (Å²) >= 11 is 1.27. The first kappa shape index (κ1) is 42.2. The summed E-state index contributed by atoms with van der Waals surface area (Å²) in [6.45, 7) is 3.13. The number of thioether (sulfide) groups is 1. The van der Waals surface area contributed by atoms with Crippen LogP contribution in [0.4, 0.5) is 0 Å². The van der Waals surface area contributed by atoms with Crippen LogP contribution in [-0.2, 0) is 54.0 Å². The van der Waals surface area contributed by atoms with Gasteiger partial charge in [-0.25, -0.2) is 0 Å². The van der Waals surface area contributed by atoms with Gasteiger partial charge >= 0.3 is 5.97 Å². The number of aliphatic hydroxyl groups is 1. The number of benzene rings is 4. The molecule has 0 aliphatic carbocycles. The maximum atomic E-state index is 14.3. The van der Waals surface area contributed by atoms with Crippen molar-refractivity contribution in [2.45, 2.75) is 92.1 Å². The molecule has 0 unspecified atom stereocenters. The largest absolute Gasteiger partial charge is 0.457 e. The minimum atomic E-state index is -1.36. The lowest BCUT2D eigenvalue weighted by Crippen LogP contribution is -2.69. The van der Waals surface area contributed by atoms with E-state index in [2.05, 4.69) is 0 Å². The van der Waals surface area contributed by atoms with Crippen LogP contribution in [0.25, 0.3) is 0 Å². The minimum Gasteiger partial charge on any atom is -0.457 e. The molecule has 4 aromatic carbocycles. The predicted molar refractivity (Wildman–Crippen MR) is 214 cm³/mol. The van der Waals surface area contributed by atoms with E-state index in [4.69, 9.17) is 42.6 Å². The molecule has 14 nitrogen and oxygen atoms in total. The normalized spacial score (nSPS) is 30.1. The molecule has 0 saturated carbocycles. The van der Waals surface area contributed by atoms with E-state index in [-0.39, 0.29) is 37.7 Å². The second kappa shape index (κ2) is 19.0. The Bertz CT molecular complexity index is 2060. The standard InChI is InChI=1S/C45H47NO13S/c1-26-18-20-30(21-19-26)60-45-35(46-41(49)31-16-10-11-17-32(31)42(46)50)39(55-27(2)47)38(33(57-45)23-52-22-28-12-6-4-7-13-28)59-44-40(54-25-51-3)36(48)37-34(56-44)24-53-43(58-37)29-14-8-5-9-15-29/h4-21,33-40,43-45,48H,22-25H2,1-3H3/t33-,34-,35-,36+,37+,38-,39-,40-,43+,44+,45+/m1/s1. The first-order valence-electron chi connectivity index (χ1n) is 19.8. The number of rotatable bonds is 14. The van der Waals surface area contributed by atoms with Crippen molar-refractivity contribution in [1.29, 1.82) is 0 Å². The summed E-state index contributed by atoms with van der Waals surface area (Å²) in [6, 6.07) is 31.9. The van der Waals surface area contributed by atoms with E-state index < -0.39 is 84.6 Å². The second-order valence-electron chi connectivity index (χ2n) is 14.9. The van der Waals surface area contributed by atoms with Crippen LogP contribution in [-0.4, -0.2) is 115 Å². The molecule has 0 radical (unpaired) electrons. The van der Waals surface area contributed by atoms with Gasteiger partial charge in [-0.2, -0.15) is 0 Å². The molecule has 4 aliphatic rings. The van der Waals surface area contributed by atoms with E-state index in [1.54, 1.807) is 24.3 Å². The van der Waals surface area contributed by atoms with Crippen molar-refractivity contribution < 1.29 is 62.1 Å². The highest BCUT2D eigenvalue weighted by molar-refractivity contribution is 7.99. The third-order valence-electron chi connectivity index (χ3n) is 10.8. The lowest BCUT2D eigenvalue weighted by molar-refractivity contribution is -0.384. The van der Waals surface area contributed by atoms with Crippen molar-refractivity contribution in [2.75, 3.05) is 27.1 Å². The van der Waals surface area contributed by atoms with Crippen molar-refractivity contribution in [3.05, 3.63) is 137 Å². The fourth-order valence-electron chi connectivity index (χ4n) is 7.92. The SMILES string of the molecule is COCO[C@H]1[C@H](O[C@H]2[C@H](OC(C)=O)[C@@H](N3C(=O)c4ccccc4C3=O)[C@H](Sc3ccc(C)cc3)O[C@@H]2COCc2ccccc2)O[C@@H]2CO[C@H](c3ccccc3)O[C@@H]2[C@@H]1O. The lowest BCUT2D eigenvalue weighted by atomic mass is 9.94. The molecule has 0 bridgehead atoms. The van der Waals surface area contributed by atoms with Crippen LogP contribution in [0.15, 0.2) is 114 Å². The summed E-state index contributed by atoms with van der Waals surface area (Å²) < 4.78 is 56.3. The van der Waals surface area contributed by atoms with Gasteiger partial charge in [0.05, 0.1) is 30.9 Å². The number of carbonyl (C=O) groups excluding carboxylic acids is 3. The van der Waals surface area contributed by atoms with Crippen LogP contribution in [0.3, 0.4) is 0 Å². The Labute approximate surface area is 351 Å². The number of methoxy groups -OCH3 is 1. The van der Waals surface area contributed by atoms with E-state index in [9.17, 15) is 19.5 Å². The molecule has 11 atom stereocenters. The quantitative estimate of drug-likeness (QED) is 0.100. The fraction of sp³-hybridized carbons (Fsp3) is 0.400. The zero-order valence-corrected chi connectivity index (χ0v) is 34.1. The molecule has 60 heavy (non-hydrogen) atoms. The van der Waals surface area contributed by atoms with E-state index in [1.165, 1.54) is 25.8 Å². The lowest BCUT2D eigenvalue weighted by Gasteiger charge is -2.51. The van der Waals surface area contributed by atoms with Crippen molar-refractivity contribution in [3.8, 4) is 0 Å². The molecule has 316 valence electrons. The average molecular weight is 842 g/mol. The third-order valence-corrected chi connectivity index (χ3v) is 11.9. The van der Waals surface area contributed by atoms with E-state index >= 15 is 0 Å². The number of amides is 2. The van der Waals surface area contributed by atoms with Gasteiger partial charge < -0.3 is 47.7 Å². The number of nitrogens with zero attached hydrogens (tertiary/aromatic N) is 1. The Morgan fingerprint density at radius 1 is 0.833 bits per heavy atom. The number of aliphatic hydroxyl groups excluding tert-OH is 1. The molecule has 1 N–H and O–H groups in total. The number of ether oxygens (including phenoxy) is 9. The topological polar surface area (TPSA) is 158 Å². The molecule has 3 fully saturated rings. The number of hydrogen-bond donors (Lipinski definition) is 1. The molecule has 4 heterocycles. The summed E-state index contributed by atoms with van der Waals surface area (Å²) in [5, 5.41) is 12.0. The van der Waals surface area contributed by atoms with Crippen LogP contribution in [0, 0.1) is 6.92 Å². The van der Waals surface area contributed by atoms with E-state index in [1.807, 2.05) is 91.9 Å². The monoisotopic (exact) mass is 841 g/mol. The Morgan fingerprint density at radius 2 is 1.50 bits per heavy atom. The summed E-state index contributed by atoms with van der Waals surface area (Å²) in [5.74, 6) is -1.85. The maximum Gasteiger partial charge on any atom is 0.303 e. The highest BCUT2D eigenvalue weighted by Gasteiger charge is 2.58. The van der Waals surface area contributed by atoms with Crippen molar-refractivity contribution in [2.24, 2.45) is 0 Å². The van der Waals surface area contributed by atoms with Crippen LogP contribution in [0.1, 0.15) is 50.6 Å². The maximum absolute atomic E-state index is 14.3. The summed E-state index contributed by atoms with van der Waals surface area (Å²) in [6.07, 6.45) is -9.98. The van der Waals surface area contributed by atoms with Crippen LogP contribution >= 0.6 is 11.8 Å². The van der Waals surface area contributed by atoms with Gasteiger partial charge in [0.25, 0.3) is 11.8 Å². The first-order valence-corrected chi connectivity index (χ1v) is 20.6. The molecule has 4 aliphatic heterocycles. The van der Waals surface area contributed by atoms with Gasteiger partial charge in [-0.15, -0.1) is 0 Å². The number of imide groups is 1. The van der Waals surface area contributed by atoms with Gasteiger partial charge in [0.2, 0.25) is 0 Å². The first-order chi connectivity index (χ1) is 29.2. The predicted octanol–water partition coefficient (Wildman–Crippen LogP) is 5.20. The van der Waals surface area contributed by atoms with Crippen LogP contribution < -0.4 is 0 Å². The Morgan fingerprint density at radius 3 is 2.17 bits per heavy atom. The smallest absolute Gasteiger partial charge is 0.303 e. The molecule has 0 spiro atoms. The molecule has 15 heteroatoms. The number of fused-ring (bicyclic) bond motifs is 2. The van der Waals surface area contributed by atoms with Gasteiger partial charge in [-0.1, -0.05) is 102 Å². The molecule has 2 amide bonds. The summed E-state index contributed by atoms with van der Waals surface area (Å²) in [4.78, 5) is 43.7. The van der Waals surface area contributed by atoms with Gasteiger partial charge in [-0.3, -0.25) is 19.3 Å². The zero-order valence-electron chi connectivity index (χ0n) is 33.3. The van der Waals surface area contributed by atoms with Crippen molar-refractivity contribution in [1.82, 2.24) is 4.90 Å². The number of esters is 1. The van der Waals surface area contributed by atoms with E-state index in [0.717, 1.165) is 26.5 Å². The zero-order chi connectivity index (χ0) is 41.8. The highest BCUT2D eigenvalue weighted by Crippen LogP contribution is 2.43. The second-order valence-corrected chi connectivity index (χ2v) is 16.1. The summed E-state index contributed by atoms with van der Waals surface area (Å²) in [7, 11) is 1.44. The fourth-order valence-corrected chi connectivity index (χ4v) is 9.09. The van der Waals surface area contributed by atoms with Gasteiger partial charge in [0.1, 0.15) is 54.9 Å². The molecule has 3 saturated heterocycles. The summed E-state index contributed by atoms with van der Waals surface area (Å²) in [5.41, 5.74) is 2.12. The number of carbonyl (C=O) groups is 3. The molecule has 0 aromatic heterocycles. The molecule has 4 aromatic rings. The third kappa shape index (κ3) is 9.06. The van der Waals surface area contributed by atoms with Crippen molar-refractivity contribution >= 4 is 29.5 Å². The highest BCUT2D eigenvalue weighted by atomic mass is 32.2. The van der Waals surface area contributed by atoms with Gasteiger partial charge in [-0.05, 0) is 36.8 Å². The minimum absolute atomic E-state index is 0.0310. The van der Waals surface area contributed by atoms with Crippen LogP contribution in [0.5, 0.6) is 0 Å². The Hall–Kier alpha value is -4.52.